The molecule has 0 aliphatic heterocycles. The third-order valence-corrected chi connectivity index (χ3v) is 3.36. The number of nitrogens with zero attached hydrogens (tertiary/aromatic N) is 2. The van der Waals surface area contributed by atoms with Crippen LogP contribution in [0.4, 0.5) is 10.7 Å². The summed E-state index contributed by atoms with van der Waals surface area (Å²) in [5.74, 6) is -0.603. The normalized spacial score (nSPS) is 16.2. The molecule has 19 heavy (non-hydrogen) atoms. The van der Waals surface area contributed by atoms with E-state index in [1.165, 1.54) is 12.4 Å². The largest absolute Gasteiger partial charge is 0.481 e. The molecule has 0 aromatic carbocycles. The molecule has 1 aliphatic rings. The zero-order valence-corrected chi connectivity index (χ0v) is 10.4. The van der Waals surface area contributed by atoms with E-state index in [-0.39, 0.29) is 17.8 Å². The van der Waals surface area contributed by atoms with Gasteiger partial charge in [0.25, 0.3) is 0 Å². The van der Waals surface area contributed by atoms with Gasteiger partial charge in [-0.25, -0.2) is 14.8 Å². The number of hydrogen-bond acceptors (Lipinski definition) is 4. The van der Waals surface area contributed by atoms with Crippen LogP contribution in [0.25, 0.3) is 0 Å². The van der Waals surface area contributed by atoms with Gasteiger partial charge in [-0.15, -0.1) is 0 Å². The average molecular weight is 264 g/mol. The van der Waals surface area contributed by atoms with E-state index in [4.69, 9.17) is 5.11 Å². The van der Waals surface area contributed by atoms with Crippen molar-refractivity contribution < 1.29 is 14.7 Å². The number of rotatable bonds is 5. The van der Waals surface area contributed by atoms with E-state index >= 15 is 0 Å². The van der Waals surface area contributed by atoms with Crippen LogP contribution in [0.2, 0.25) is 0 Å². The van der Waals surface area contributed by atoms with Crippen LogP contribution in [-0.4, -0.2) is 33.6 Å². The first kappa shape index (κ1) is 13.3. The van der Waals surface area contributed by atoms with Crippen molar-refractivity contribution >= 4 is 17.9 Å². The molecule has 1 aromatic heterocycles. The smallest absolute Gasteiger partial charge is 0.321 e. The molecule has 0 bridgehead atoms. The van der Waals surface area contributed by atoms with Gasteiger partial charge in [0, 0.05) is 18.9 Å². The van der Waals surface area contributed by atoms with Gasteiger partial charge in [-0.2, -0.15) is 0 Å². The molecule has 0 unspecified atom stereocenters. The number of nitrogens with one attached hydrogen (secondary N) is 2. The summed E-state index contributed by atoms with van der Waals surface area (Å²) in [6, 6.07) is 1.24. The molecule has 0 radical (unpaired) electrons. The number of hydrogen-bond donors (Lipinski definition) is 3. The molecule has 1 aromatic rings. The second-order valence-corrected chi connectivity index (χ2v) is 4.80. The van der Waals surface area contributed by atoms with E-state index in [2.05, 4.69) is 20.6 Å². The third-order valence-electron chi connectivity index (χ3n) is 3.36. The van der Waals surface area contributed by atoms with Crippen LogP contribution in [-0.2, 0) is 4.79 Å². The molecule has 102 valence electrons. The standard InChI is InChI=1S/C12H16N4O3/c17-9(18)7-12(3-1-4-12)8-15-11(19)16-10-13-5-2-6-14-10/h2,5-6H,1,3-4,7-8H2,(H,17,18)(H2,13,14,15,16,19). The Hall–Kier alpha value is -2.18. The van der Waals surface area contributed by atoms with Crippen molar-refractivity contribution in [1.29, 1.82) is 0 Å². The van der Waals surface area contributed by atoms with Gasteiger partial charge >= 0.3 is 12.0 Å². The van der Waals surface area contributed by atoms with Crippen LogP contribution in [0.5, 0.6) is 0 Å². The summed E-state index contributed by atoms with van der Waals surface area (Å²) < 4.78 is 0. The molecule has 1 saturated carbocycles. The second-order valence-electron chi connectivity index (χ2n) is 4.80. The Balaban J connectivity index is 1.81. The zero-order chi connectivity index (χ0) is 13.7. The highest BCUT2D eigenvalue weighted by atomic mass is 16.4. The van der Waals surface area contributed by atoms with Crippen LogP contribution in [0.15, 0.2) is 18.5 Å². The Morgan fingerprint density at radius 2 is 2.00 bits per heavy atom. The lowest BCUT2D eigenvalue weighted by Crippen LogP contribution is -2.44. The third kappa shape index (κ3) is 3.64. The van der Waals surface area contributed by atoms with Crippen molar-refractivity contribution in [3.05, 3.63) is 18.5 Å². The fraction of sp³-hybridized carbons (Fsp3) is 0.500. The van der Waals surface area contributed by atoms with Crippen molar-refractivity contribution in [3.63, 3.8) is 0 Å². The molecule has 2 rings (SSSR count). The first-order chi connectivity index (χ1) is 9.10. The molecule has 0 atom stereocenters. The molecule has 0 saturated heterocycles. The van der Waals surface area contributed by atoms with Crippen LogP contribution < -0.4 is 10.6 Å². The zero-order valence-electron chi connectivity index (χ0n) is 10.4. The molecule has 1 heterocycles. The summed E-state index contributed by atoms with van der Waals surface area (Å²) >= 11 is 0. The lowest BCUT2D eigenvalue weighted by molar-refractivity contribution is -0.141. The maximum absolute atomic E-state index is 11.6. The maximum Gasteiger partial charge on any atom is 0.321 e. The lowest BCUT2D eigenvalue weighted by atomic mass is 9.66. The Bertz CT molecular complexity index is 459. The number of anilines is 1. The Morgan fingerprint density at radius 1 is 1.32 bits per heavy atom. The number of carbonyl (C=O) groups excluding carboxylic acids is 1. The molecule has 7 heteroatoms. The van der Waals surface area contributed by atoms with Crippen LogP contribution >= 0.6 is 0 Å². The number of aromatic nitrogens is 2. The number of aliphatic carboxylic acids is 1. The molecule has 0 spiro atoms. The number of amides is 2. The molecular weight excluding hydrogens is 248 g/mol. The van der Waals surface area contributed by atoms with Gasteiger partial charge in [-0.1, -0.05) is 6.42 Å². The fourth-order valence-electron chi connectivity index (χ4n) is 2.19. The van der Waals surface area contributed by atoms with Gasteiger partial charge in [0.2, 0.25) is 5.95 Å². The minimum atomic E-state index is -0.826. The molecule has 1 aliphatic carbocycles. The van der Waals surface area contributed by atoms with Crippen molar-refractivity contribution in [1.82, 2.24) is 15.3 Å². The first-order valence-corrected chi connectivity index (χ1v) is 6.13. The van der Waals surface area contributed by atoms with E-state index in [0.29, 0.717) is 6.54 Å². The number of carbonyl (C=O) groups is 2. The first-order valence-electron chi connectivity index (χ1n) is 6.13. The minimum absolute atomic E-state index is 0.0924. The monoisotopic (exact) mass is 264 g/mol. The lowest BCUT2D eigenvalue weighted by Gasteiger charge is -2.40. The molecule has 7 nitrogen and oxygen atoms in total. The van der Waals surface area contributed by atoms with E-state index in [1.54, 1.807) is 6.07 Å². The van der Waals surface area contributed by atoms with E-state index < -0.39 is 12.0 Å². The second kappa shape index (κ2) is 5.64. The van der Waals surface area contributed by atoms with Crippen LogP contribution in [0, 0.1) is 5.41 Å². The highest BCUT2D eigenvalue weighted by molar-refractivity contribution is 5.87. The van der Waals surface area contributed by atoms with Crippen molar-refractivity contribution in [2.45, 2.75) is 25.7 Å². The Kier molecular flexibility index (Phi) is 3.94. The Morgan fingerprint density at radius 3 is 2.53 bits per heavy atom. The van der Waals surface area contributed by atoms with E-state index in [9.17, 15) is 9.59 Å². The Labute approximate surface area is 110 Å². The van der Waals surface area contributed by atoms with Gasteiger partial charge in [0.15, 0.2) is 0 Å². The summed E-state index contributed by atoms with van der Waals surface area (Å²) in [4.78, 5) is 30.2. The predicted octanol–water partition coefficient (Wildman–Crippen LogP) is 1.24. The van der Waals surface area contributed by atoms with Gasteiger partial charge in [-0.05, 0) is 24.3 Å². The quantitative estimate of drug-likeness (QED) is 0.742. The van der Waals surface area contributed by atoms with Crippen molar-refractivity contribution in [2.24, 2.45) is 5.41 Å². The summed E-state index contributed by atoms with van der Waals surface area (Å²) in [7, 11) is 0. The van der Waals surface area contributed by atoms with E-state index in [0.717, 1.165) is 19.3 Å². The highest BCUT2D eigenvalue weighted by Crippen LogP contribution is 2.43. The van der Waals surface area contributed by atoms with E-state index in [1.807, 2.05) is 0 Å². The van der Waals surface area contributed by atoms with Gasteiger partial charge in [-0.3, -0.25) is 10.1 Å². The molecular formula is C12H16N4O3. The van der Waals surface area contributed by atoms with Crippen molar-refractivity contribution in [3.8, 4) is 0 Å². The van der Waals surface area contributed by atoms with Crippen LogP contribution in [0.3, 0.4) is 0 Å². The van der Waals surface area contributed by atoms with Crippen LogP contribution in [0.1, 0.15) is 25.7 Å². The summed E-state index contributed by atoms with van der Waals surface area (Å²) in [6.07, 6.45) is 5.83. The fourth-order valence-corrected chi connectivity index (χ4v) is 2.19. The number of carboxylic acid groups (broad SMARTS) is 1. The minimum Gasteiger partial charge on any atom is -0.481 e. The van der Waals surface area contributed by atoms with Gasteiger partial charge in [0.1, 0.15) is 0 Å². The summed E-state index contributed by atoms with van der Waals surface area (Å²) in [5, 5.41) is 14.0. The molecule has 2 amide bonds. The molecule has 1 fully saturated rings. The van der Waals surface area contributed by atoms with Crippen molar-refractivity contribution in [2.75, 3.05) is 11.9 Å². The topological polar surface area (TPSA) is 104 Å². The average Bonchev–Trinajstić information content (AvgIpc) is 2.33. The number of urea groups is 1. The summed E-state index contributed by atoms with van der Waals surface area (Å²) in [6.45, 7) is 0.359. The summed E-state index contributed by atoms with van der Waals surface area (Å²) in [5.41, 5.74) is -0.291. The highest BCUT2D eigenvalue weighted by Gasteiger charge is 2.39. The predicted molar refractivity (Wildman–Crippen MR) is 67.6 cm³/mol. The number of carboxylic acids is 1. The maximum atomic E-state index is 11.6. The molecule has 3 N–H and O–H groups in total. The van der Waals surface area contributed by atoms with Gasteiger partial charge < -0.3 is 10.4 Å². The van der Waals surface area contributed by atoms with Gasteiger partial charge in [0.05, 0.1) is 6.42 Å². The SMILES string of the molecule is O=C(O)CC1(CNC(=O)Nc2ncccn2)CCC1.